The largest absolute Gasteiger partial charge is 0.493 e. The predicted octanol–water partition coefficient (Wildman–Crippen LogP) is 6.90. The van der Waals surface area contributed by atoms with Crippen LogP contribution < -0.4 is 37.1 Å². The summed E-state index contributed by atoms with van der Waals surface area (Å²) in [4.78, 5) is 87.6. The summed E-state index contributed by atoms with van der Waals surface area (Å²) in [6.07, 6.45) is 5.71. The van der Waals surface area contributed by atoms with E-state index in [9.17, 15) is 33.5 Å². The lowest BCUT2D eigenvalue weighted by atomic mass is 9.80. The molecule has 76 heavy (non-hydrogen) atoms. The number of nitrogen functional groups attached to an aromatic ring is 1. The molecule has 22 heteroatoms. The van der Waals surface area contributed by atoms with Crippen molar-refractivity contribution in [2.24, 2.45) is 22.5 Å². The van der Waals surface area contributed by atoms with Crippen molar-refractivity contribution in [1.82, 2.24) is 35.4 Å². The van der Waals surface area contributed by atoms with Crippen LogP contribution in [0, 0.1) is 23.7 Å². The van der Waals surface area contributed by atoms with Crippen molar-refractivity contribution in [3.63, 3.8) is 0 Å². The van der Waals surface area contributed by atoms with E-state index >= 15 is 0 Å². The Hall–Kier alpha value is -5.61. The summed E-state index contributed by atoms with van der Waals surface area (Å²) in [5.74, 6) is -0.667. The predicted molar refractivity (Wildman–Crippen MR) is 293 cm³/mol. The molecular weight excluding hydrogens is 1030 g/mol. The van der Waals surface area contributed by atoms with Crippen LogP contribution >= 0.6 is 34.7 Å². The van der Waals surface area contributed by atoms with Crippen LogP contribution in [-0.4, -0.2) is 129 Å². The number of carbonyl (C=O) groups excluding carboxylic acids is 5. The monoisotopic (exact) mass is 1100 g/mol. The second kappa shape index (κ2) is 24.0. The Labute approximate surface area is 457 Å². The number of nitrogens with one attached hydrogen (secondary N) is 3. The van der Waals surface area contributed by atoms with Gasteiger partial charge in [0.25, 0.3) is 5.91 Å². The molecular formula is C54H71ClFN11O7S2. The maximum absolute atomic E-state index is 14.7. The molecule has 8 rings (SSSR count). The number of rotatable bonds is 19. The molecule has 4 fully saturated rings. The van der Waals surface area contributed by atoms with Gasteiger partial charge in [0.2, 0.25) is 23.6 Å². The average Bonchev–Trinajstić information content (AvgIpc) is 3.80. The zero-order valence-corrected chi connectivity index (χ0v) is 46.4. The molecule has 1 saturated carbocycles. The van der Waals surface area contributed by atoms with Gasteiger partial charge in [0.15, 0.2) is 11.5 Å². The van der Waals surface area contributed by atoms with E-state index in [2.05, 4.69) is 42.7 Å². The maximum atomic E-state index is 14.7. The van der Waals surface area contributed by atoms with Crippen molar-refractivity contribution in [1.29, 1.82) is 0 Å². The topological polar surface area (TPSA) is 251 Å². The Morgan fingerprint density at radius 3 is 2.45 bits per heavy atom. The van der Waals surface area contributed by atoms with E-state index in [0.717, 1.165) is 67.7 Å². The highest BCUT2D eigenvalue weighted by molar-refractivity contribution is 7.99. The third-order valence-electron chi connectivity index (χ3n) is 15.2. The lowest BCUT2D eigenvalue weighted by Crippen LogP contribution is -2.59. The van der Waals surface area contributed by atoms with Gasteiger partial charge in [-0.25, -0.2) is 19.3 Å². The minimum atomic E-state index is -1.99. The number of benzene rings is 2. The van der Waals surface area contributed by atoms with E-state index in [1.807, 2.05) is 25.1 Å². The normalized spacial score (nSPS) is 19.7. The number of aliphatic hydroxyl groups excluding tert-OH is 1. The fraction of sp³-hybridized carbons (Fsp3) is 0.556. The molecule has 3 aliphatic heterocycles. The number of nitrogens with two attached hydrogens (primary N) is 2. The first-order valence-corrected chi connectivity index (χ1v) is 28.2. The second-order valence-corrected chi connectivity index (χ2v) is 24.4. The van der Waals surface area contributed by atoms with Crippen molar-refractivity contribution in [3.8, 4) is 16.2 Å². The highest BCUT2D eigenvalue weighted by atomic mass is 35.5. The first kappa shape index (κ1) is 56.6. The quantitative estimate of drug-likeness (QED) is 0.0413. The number of β-amino-alcohol motifs (C(OH)–C–C–N with tert-alkyl or cyclic N) is 1. The van der Waals surface area contributed by atoms with Crippen molar-refractivity contribution >= 4 is 81.6 Å². The zero-order chi connectivity index (χ0) is 54.5. The highest BCUT2D eigenvalue weighted by Gasteiger charge is 2.53. The van der Waals surface area contributed by atoms with Gasteiger partial charge in [-0.1, -0.05) is 69.3 Å². The van der Waals surface area contributed by atoms with Crippen LogP contribution in [-0.2, 0) is 30.5 Å². The molecule has 5 heterocycles. The van der Waals surface area contributed by atoms with Crippen molar-refractivity contribution in [2.45, 2.75) is 139 Å². The molecule has 5 amide bonds. The summed E-state index contributed by atoms with van der Waals surface area (Å²) in [5.41, 5.74) is 14.4. The van der Waals surface area contributed by atoms with Gasteiger partial charge in [-0.2, -0.15) is 0 Å². The molecule has 1 aliphatic carbocycles. The van der Waals surface area contributed by atoms with Crippen molar-refractivity contribution < 1.29 is 38.2 Å². The van der Waals surface area contributed by atoms with Gasteiger partial charge in [-0.15, -0.1) is 11.3 Å². The molecule has 4 aliphatic rings. The number of amides is 5. The van der Waals surface area contributed by atoms with Gasteiger partial charge < -0.3 is 52.0 Å². The SMILES string of the molecule is Cc1ncsc1-c1ccc(CNC(=O)C2CC(O)CN2C(=O)[C@@H](NC(=O)C2(F)CC2)C(C)(C)C)c(OCCCC2CCN(C(=O)CC(=O)Nc3cccc(Sc4ncc(N5CCC(C)(CN)CC5)nc4N)c3Cl)CC2)c1. The Morgan fingerprint density at radius 2 is 1.79 bits per heavy atom. The lowest BCUT2D eigenvalue weighted by Gasteiger charge is -2.39. The zero-order valence-electron chi connectivity index (χ0n) is 44.0. The van der Waals surface area contributed by atoms with Crippen molar-refractivity contribution in [3.05, 3.63) is 64.4 Å². The second-order valence-electron chi connectivity index (χ2n) is 22.1. The first-order chi connectivity index (χ1) is 36.1. The summed E-state index contributed by atoms with van der Waals surface area (Å²) in [7, 11) is 0. The van der Waals surface area contributed by atoms with E-state index in [4.69, 9.17) is 27.8 Å². The average molecular weight is 1100 g/mol. The minimum absolute atomic E-state index is 0.00926. The number of halogens is 2. The molecule has 0 bridgehead atoms. The number of hydrogen-bond donors (Lipinski definition) is 6. The van der Waals surface area contributed by atoms with Gasteiger partial charge in [-0.3, -0.25) is 24.0 Å². The smallest absolute Gasteiger partial charge is 0.258 e. The number of ether oxygens (including phenoxy) is 1. The standard InChI is InChI=1S/C54H71ClFN11O7S2/c1-32-45(75-31-61-32)34-11-12-35(27-59-48(71)38-25-36(68)29-67(38)50(72)46(52(2,3)4)64-51(73)54(56)15-16-54)39(24-34)74-23-7-8-33-13-19-66(20-14-33)43(70)26-42(69)62-37-9-6-10-40(44(37)55)76-49-47(58)63-41(28-60-49)65-21-17-53(5,30-57)18-22-65/h6,9-12,24,28,31,33,36,38,46,68H,7-8,13-23,25-27,29-30,57H2,1-5H3,(H2,58,63)(H,59,71)(H,62,69)(H,64,73)/t36?,38?,46-/m1/s1. The van der Waals surface area contributed by atoms with Crippen LogP contribution in [0.25, 0.3) is 10.4 Å². The number of likely N-dealkylation sites (tertiary alicyclic amines) is 2. The maximum Gasteiger partial charge on any atom is 0.258 e. The molecule has 3 saturated heterocycles. The number of anilines is 3. The fourth-order valence-corrected chi connectivity index (χ4v) is 11.8. The third kappa shape index (κ3) is 13.7. The molecule has 0 spiro atoms. The number of aliphatic hydroxyl groups is 1. The number of carbonyl (C=O) groups is 5. The van der Waals surface area contributed by atoms with Crippen LogP contribution in [0.1, 0.15) is 103 Å². The van der Waals surface area contributed by atoms with E-state index in [0.29, 0.717) is 69.9 Å². The Morgan fingerprint density at radius 1 is 1.05 bits per heavy atom. The Bertz CT molecular complexity index is 2780. The Kier molecular flexibility index (Phi) is 17.8. The molecule has 3 atom stereocenters. The minimum Gasteiger partial charge on any atom is -0.493 e. The molecule has 0 radical (unpaired) electrons. The number of aromatic nitrogens is 3. The van der Waals surface area contributed by atoms with E-state index in [1.54, 1.807) is 55.6 Å². The summed E-state index contributed by atoms with van der Waals surface area (Å²) in [5, 5.41) is 19.8. The third-order valence-corrected chi connectivity index (χ3v) is 17.7. The lowest BCUT2D eigenvalue weighted by molar-refractivity contribution is -0.145. The molecule has 2 aromatic heterocycles. The Balaban J connectivity index is 0.801. The number of aryl methyl sites for hydroxylation is 1. The van der Waals surface area contributed by atoms with Gasteiger partial charge in [0.05, 0.1) is 45.7 Å². The molecule has 410 valence electrons. The van der Waals surface area contributed by atoms with Crippen LogP contribution in [0.15, 0.2) is 58.0 Å². The number of thiazole rings is 1. The molecule has 2 unspecified atom stereocenters. The summed E-state index contributed by atoms with van der Waals surface area (Å²) < 4.78 is 21.1. The van der Waals surface area contributed by atoms with Gasteiger partial charge in [0, 0.05) is 56.1 Å². The van der Waals surface area contributed by atoms with E-state index in [1.165, 1.54) is 28.0 Å². The summed E-state index contributed by atoms with van der Waals surface area (Å²) in [6.45, 7) is 13.1. The van der Waals surface area contributed by atoms with Crippen LogP contribution in [0.2, 0.25) is 5.02 Å². The fourth-order valence-electron chi connectivity index (χ4n) is 9.93. The molecule has 4 aromatic rings. The molecule has 18 nitrogen and oxygen atoms in total. The van der Waals surface area contributed by atoms with Gasteiger partial charge in [-0.05, 0) is 105 Å². The number of alkyl halides is 1. The van der Waals surface area contributed by atoms with Gasteiger partial charge >= 0.3 is 0 Å². The first-order valence-electron chi connectivity index (χ1n) is 26.2. The van der Waals surface area contributed by atoms with Crippen molar-refractivity contribution in [2.75, 3.05) is 61.8 Å². The van der Waals surface area contributed by atoms with Crippen LogP contribution in [0.5, 0.6) is 5.75 Å². The molecule has 8 N–H and O–H groups in total. The molecule has 2 aromatic carbocycles. The van der Waals surface area contributed by atoms with E-state index in [-0.39, 0.29) is 55.9 Å². The summed E-state index contributed by atoms with van der Waals surface area (Å²) >= 11 is 9.55. The van der Waals surface area contributed by atoms with Crippen LogP contribution in [0.3, 0.4) is 0 Å². The number of nitrogens with zero attached hydrogens (tertiary/aromatic N) is 6. The van der Waals surface area contributed by atoms with Crippen LogP contribution in [0.4, 0.5) is 21.7 Å². The van der Waals surface area contributed by atoms with E-state index < -0.39 is 52.9 Å². The highest BCUT2D eigenvalue weighted by Crippen LogP contribution is 2.42. The number of piperidine rings is 2. The summed E-state index contributed by atoms with van der Waals surface area (Å²) in [6, 6.07) is 8.92. The number of hydrogen-bond acceptors (Lipinski definition) is 15. The van der Waals surface area contributed by atoms with Gasteiger partial charge in [0.1, 0.15) is 35.1 Å².